The van der Waals surface area contributed by atoms with Gasteiger partial charge in [-0.05, 0) is 66.3 Å². The molecule has 0 amide bonds. The summed E-state index contributed by atoms with van der Waals surface area (Å²) in [7, 11) is 0. The third-order valence-electron chi connectivity index (χ3n) is 3.33. The van der Waals surface area contributed by atoms with Gasteiger partial charge in [-0.1, -0.05) is 6.42 Å². The summed E-state index contributed by atoms with van der Waals surface area (Å²) in [5, 5.41) is 4.41. The SMILES string of the molecule is CSC1CCCC(Nc2ccc(I)cc2N)C1. The van der Waals surface area contributed by atoms with Crippen molar-refractivity contribution >= 4 is 45.7 Å². The molecule has 0 heterocycles. The molecule has 0 saturated heterocycles. The number of rotatable bonds is 3. The van der Waals surface area contributed by atoms with Gasteiger partial charge in [0.15, 0.2) is 0 Å². The van der Waals surface area contributed by atoms with E-state index in [1.54, 1.807) is 0 Å². The summed E-state index contributed by atoms with van der Waals surface area (Å²) < 4.78 is 1.19. The van der Waals surface area contributed by atoms with Crippen molar-refractivity contribution in [3.05, 3.63) is 21.8 Å². The number of halogens is 1. The van der Waals surface area contributed by atoms with Crippen LogP contribution in [0.3, 0.4) is 0 Å². The van der Waals surface area contributed by atoms with Gasteiger partial charge >= 0.3 is 0 Å². The lowest BCUT2D eigenvalue weighted by Gasteiger charge is -2.29. The highest BCUT2D eigenvalue weighted by atomic mass is 127. The molecule has 2 unspecified atom stereocenters. The standard InChI is InChI=1S/C13H19IN2S/c1-17-11-4-2-3-10(8-11)16-13-6-5-9(14)7-12(13)15/h5-7,10-11,16H,2-4,8,15H2,1H3. The number of hydrogen-bond acceptors (Lipinski definition) is 3. The molecule has 3 N–H and O–H groups in total. The fourth-order valence-corrected chi connectivity index (χ4v) is 3.72. The van der Waals surface area contributed by atoms with Crippen LogP contribution in [-0.2, 0) is 0 Å². The van der Waals surface area contributed by atoms with Gasteiger partial charge in [0.1, 0.15) is 0 Å². The molecule has 0 bridgehead atoms. The molecule has 1 aromatic rings. The topological polar surface area (TPSA) is 38.0 Å². The Balaban J connectivity index is 2.00. The summed E-state index contributed by atoms with van der Waals surface area (Å²) in [4.78, 5) is 0. The van der Waals surface area contributed by atoms with Crippen molar-refractivity contribution < 1.29 is 0 Å². The van der Waals surface area contributed by atoms with Crippen LogP contribution in [-0.4, -0.2) is 17.5 Å². The molecule has 1 aromatic carbocycles. The van der Waals surface area contributed by atoms with Crippen molar-refractivity contribution in [2.24, 2.45) is 0 Å². The third kappa shape index (κ3) is 3.68. The maximum atomic E-state index is 6.03. The first-order valence-electron chi connectivity index (χ1n) is 6.03. The summed E-state index contributed by atoms with van der Waals surface area (Å²) in [6.07, 6.45) is 7.43. The molecule has 0 aliphatic heterocycles. The van der Waals surface area contributed by atoms with Crippen LogP contribution in [0.2, 0.25) is 0 Å². The minimum absolute atomic E-state index is 0.587. The average molecular weight is 362 g/mol. The quantitative estimate of drug-likeness (QED) is 0.632. The van der Waals surface area contributed by atoms with Crippen LogP contribution in [0, 0.1) is 3.57 Å². The minimum Gasteiger partial charge on any atom is -0.397 e. The van der Waals surface area contributed by atoms with Crippen LogP contribution in [0.4, 0.5) is 11.4 Å². The van der Waals surface area contributed by atoms with Gasteiger partial charge in [-0.15, -0.1) is 0 Å². The Morgan fingerprint density at radius 2 is 2.24 bits per heavy atom. The lowest BCUT2D eigenvalue weighted by Crippen LogP contribution is -2.28. The second kappa shape index (κ2) is 6.18. The highest BCUT2D eigenvalue weighted by Gasteiger charge is 2.21. The number of thioether (sulfide) groups is 1. The van der Waals surface area contributed by atoms with E-state index < -0.39 is 0 Å². The van der Waals surface area contributed by atoms with Crippen LogP contribution >= 0.6 is 34.4 Å². The van der Waals surface area contributed by atoms with E-state index in [1.807, 2.05) is 17.8 Å². The van der Waals surface area contributed by atoms with Gasteiger partial charge in [0.05, 0.1) is 11.4 Å². The predicted octanol–water partition coefficient (Wildman–Crippen LogP) is 3.96. The molecule has 0 spiro atoms. The summed E-state index contributed by atoms with van der Waals surface area (Å²) in [6.45, 7) is 0. The highest BCUT2D eigenvalue weighted by molar-refractivity contribution is 14.1. The molecule has 4 heteroatoms. The largest absolute Gasteiger partial charge is 0.397 e. The van der Waals surface area contributed by atoms with Crippen molar-refractivity contribution in [2.45, 2.75) is 37.0 Å². The Bertz CT molecular complexity index is 384. The Morgan fingerprint density at radius 1 is 1.41 bits per heavy atom. The van der Waals surface area contributed by atoms with E-state index >= 15 is 0 Å². The van der Waals surface area contributed by atoms with Crippen LogP contribution < -0.4 is 11.1 Å². The van der Waals surface area contributed by atoms with Crippen LogP contribution in [0.1, 0.15) is 25.7 Å². The molecule has 1 aliphatic carbocycles. The first kappa shape index (κ1) is 13.3. The number of anilines is 2. The monoisotopic (exact) mass is 362 g/mol. The van der Waals surface area contributed by atoms with Crippen LogP contribution in [0.5, 0.6) is 0 Å². The van der Waals surface area contributed by atoms with E-state index in [1.165, 1.54) is 29.3 Å². The summed E-state index contributed by atoms with van der Waals surface area (Å²) >= 11 is 4.29. The number of benzene rings is 1. The minimum atomic E-state index is 0.587. The third-order valence-corrected chi connectivity index (χ3v) is 5.10. The Morgan fingerprint density at radius 3 is 2.94 bits per heavy atom. The molecule has 2 rings (SSSR count). The van der Waals surface area contributed by atoms with E-state index in [2.05, 4.69) is 46.3 Å². The molecular formula is C13H19IN2S. The van der Waals surface area contributed by atoms with Crippen molar-refractivity contribution in [1.29, 1.82) is 0 Å². The zero-order chi connectivity index (χ0) is 12.3. The van der Waals surface area contributed by atoms with Crippen LogP contribution in [0.15, 0.2) is 18.2 Å². The maximum absolute atomic E-state index is 6.03. The van der Waals surface area contributed by atoms with E-state index in [4.69, 9.17) is 5.73 Å². The van der Waals surface area contributed by atoms with Gasteiger partial charge in [0.2, 0.25) is 0 Å². The first-order valence-corrected chi connectivity index (χ1v) is 8.40. The van der Waals surface area contributed by atoms with E-state index in [0.717, 1.165) is 16.6 Å². The van der Waals surface area contributed by atoms with Crippen molar-refractivity contribution in [2.75, 3.05) is 17.3 Å². The van der Waals surface area contributed by atoms with E-state index in [9.17, 15) is 0 Å². The Labute approximate surface area is 121 Å². The van der Waals surface area contributed by atoms with Gasteiger partial charge in [-0.25, -0.2) is 0 Å². The second-order valence-electron chi connectivity index (χ2n) is 4.60. The lowest BCUT2D eigenvalue weighted by atomic mass is 9.94. The molecule has 17 heavy (non-hydrogen) atoms. The van der Waals surface area contributed by atoms with Gasteiger partial charge in [-0.3, -0.25) is 0 Å². The number of hydrogen-bond donors (Lipinski definition) is 2. The first-order chi connectivity index (χ1) is 8.19. The normalized spacial score (nSPS) is 24.6. The summed E-state index contributed by atoms with van der Waals surface area (Å²) in [5.74, 6) is 0. The molecule has 2 atom stereocenters. The zero-order valence-corrected chi connectivity index (χ0v) is 13.1. The van der Waals surface area contributed by atoms with Crippen molar-refractivity contribution in [3.63, 3.8) is 0 Å². The molecule has 0 radical (unpaired) electrons. The number of nitrogen functional groups attached to an aromatic ring is 1. The fraction of sp³-hybridized carbons (Fsp3) is 0.538. The Kier molecular flexibility index (Phi) is 4.85. The average Bonchev–Trinajstić information content (AvgIpc) is 2.33. The molecule has 1 saturated carbocycles. The number of nitrogens with one attached hydrogen (secondary N) is 1. The van der Waals surface area contributed by atoms with E-state index in [-0.39, 0.29) is 0 Å². The van der Waals surface area contributed by atoms with Gasteiger partial charge in [0, 0.05) is 14.9 Å². The Hall–Kier alpha value is -0.100. The van der Waals surface area contributed by atoms with Gasteiger partial charge in [0.25, 0.3) is 0 Å². The molecular weight excluding hydrogens is 343 g/mol. The highest BCUT2D eigenvalue weighted by Crippen LogP contribution is 2.30. The zero-order valence-electron chi connectivity index (χ0n) is 10.1. The van der Waals surface area contributed by atoms with Crippen LogP contribution in [0.25, 0.3) is 0 Å². The maximum Gasteiger partial charge on any atom is 0.0576 e. The lowest BCUT2D eigenvalue weighted by molar-refractivity contribution is 0.474. The van der Waals surface area contributed by atoms with Crippen molar-refractivity contribution in [1.82, 2.24) is 0 Å². The molecule has 1 fully saturated rings. The number of nitrogens with two attached hydrogens (primary N) is 1. The summed E-state index contributed by atoms with van der Waals surface area (Å²) in [5.41, 5.74) is 7.99. The predicted molar refractivity (Wildman–Crippen MR) is 86.8 cm³/mol. The van der Waals surface area contributed by atoms with Crippen molar-refractivity contribution in [3.8, 4) is 0 Å². The van der Waals surface area contributed by atoms with Gasteiger partial charge < -0.3 is 11.1 Å². The van der Waals surface area contributed by atoms with Gasteiger partial charge in [-0.2, -0.15) is 11.8 Å². The molecule has 0 aromatic heterocycles. The molecule has 1 aliphatic rings. The second-order valence-corrected chi connectivity index (χ2v) is 6.98. The summed E-state index contributed by atoms with van der Waals surface area (Å²) in [6, 6.07) is 6.81. The van der Waals surface area contributed by atoms with E-state index in [0.29, 0.717) is 6.04 Å². The smallest absolute Gasteiger partial charge is 0.0576 e. The fourth-order valence-electron chi connectivity index (χ4n) is 2.38. The molecule has 2 nitrogen and oxygen atoms in total. The molecule has 94 valence electrons.